The van der Waals surface area contributed by atoms with E-state index < -0.39 is 11.7 Å². The Labute approximate surface area is 184 Å². The van der Waals surface area contributed by atoms with E-state index in [0.29, 0.717) is 41.7 Å². The van der Waals surface area contributed by atoms with E-state index in [1.807, 2.05) is 4.90 Å². The zero-order chi connectivity index (χ0) is 22.9. The van der Waals surface area contributed by atoms with Crippen LogP contribution < -0.4 is 10.5 Å². The molecule has 1 aliphatic heterocycles. The summed E-state index contributed by atoms with van der Waals surface area (Å²) in [6.45, 7) is 1.38. The van der Waals surface area contributed by atoms with Crippen molar-refractivity contribution in [2.24, 2.45) is 18.9 Å². The van der Waals surface area contributed by atoms with Gasteiger partial charge in [0.2, 0.25) is 5.89 Å². The SMILES string of the molecule is Cn1cnc2ncn(Cc3nc([C@H]4[C@@H]5CN(c6cccc(C(F)(F)F)c6)C[C@@H]54)no3)c(=O)c21. The van der Waals surface area contributed by atoms with Gasteiger partial charge in [-0.1, -0.05) is 11.2 Å². The van der Waals surface area contributed by atoms with Gasteiger partial charge in [-0.05, 0) is 30.0 Å². The van der Waals surface area contributed by atoms with Crippen LogP contribution in [0.5, 0.6) is 0 Å². The van der Waals surface area contributed by atoms with E-state index in [9.17, 15) is 18.0 Å². The van der Waals surface area contributed by atoms with Crippen LogP contribution in [0.1, 0.15) is 23.2 Å². The maximum absolute atomic E-state index is 13.0. The highest BCUT2D eigenvalue weighted by atomic mass is 19.4. The third-order valence-electron chi connectivity index (χ3n) is 6.52. The van der Waals surface area contributed by atoms with Crippen molar-refractivity contribution in [1.29, 1.82) is 0 Å². The normalized spacial score (nSPS) is 22.2. The summed E-state index contributed by atoms with van der Waals surface area (Å²) in [4.78, 5) is 27.4. The van der Waals surface area contributed by atoms with Crippen LogP contribution in [0, 0.1) is 11.8 Å². The molecule has 0 bridgehead atoms. The summed E-state index contributed by atoms with van der Waals surface area (Å²) in [7, 11) is 1.72. The Balaban J connectivity index is 1.15. The first-order valence-electron chi connectivity index (χ1n) is 10.4. The Bertz CT molecular complexity index is 1410. The van der Waals surface area contributed by atoms with Crippen molar-refractivity contribution < 1.29 is 17.7 Å². The molecule has 1 saturated heterocycles. The number of nitrogens with zero attached hydrogens (tertiary/aromatic N) is 7. The lowest BCUT2D eigenvalue weighted by molar-refractivity contribution is -0.137. The third kappa shape index (κ3) is 3.28. The van der Waals surface area contributed by atoms with Crippen LogP contribution in [0.15, 0.2) is 46.2 Å². The number of hydrogen-bond acceptors (Lipinski definition) is 7. The number of alkyl halides is 3. The summed E-state index contributed by atoms with van der Waals surface area (Å²) in [6, 6.07) is 5.41. The van der Waals surface area contributed by atoms with Gasteiger partial charge in [-0.3, -0.25) is 9.36 Å². The highest BCUT2D eigenvalue weighted by molar-refractivity contribution is 5.68. The lowest BCUT2D eigenvalue weighted by atomic mass is 10.1. The van der Waals surface area contributed by atoms with Gasteiger partial charge in [-0.15, -0.1) is 0 Å². The lowest BCUT2D eigenvalue weighted by Gasteiger charge is -2.22. The van der Waals surface area contributed by atoms with E-state index in [1.165, 1.54) is 29.4 Å². The summed E-state index contributed by atoms with van der Waals surface area (Å²) >= 11 is 0. The molecule has 12 heteroatoms. The number of benzene rings is 1. The number of anilines is 1. The molecule has 0 N–H and O–H groups in total. The van der Waals surface area contributed by atoms with Gasteiger partial charge in [0.1, 0.15) is 12.9 Å². The summed E-state index contributed by atoms with van der Waals surface area (Å²) in [5.41, 5.74) is 0.445. The van der Waals surface area contributed by atoms with E-state index in [0.717, 1.165) is 6.07 Å². The molecule has 1 aliphatic carbocycles. The monoisotopic (exact) mass is 457 g/mol. The Hall–Kier alpha value is -3.70. The largest absolute Gasteiger partial charge is 0.416 e. The van der Waals surface area contributed by atoms with Crippen molar-refractivity contribution in [3.63, 3.8) is 0 Å². The number of imidazole rings is 1. The van der Waals surface area contributed by atoms with Crippen LogP contribution >= 0.6 is 0 Å². The van der Waals surface area contributed by atoms with Gasteiger partial charge in [0.15, 0.2) is 17.0 Å². The molecule has 3 atom stereocenters. The quantitative estimate of drug-likeness (QED) is 0.465. The molecule has 1 aromatic carbocycles. The number of rotatable bonds is 4. The minimum atomic E-state index is -4.36. The van der Waals surface area contributed by atoms with Crippen molar-refractivity contribution in [1.82, 2.24) is 29.2 Å². The molecule has 0 spiro atoms. The van der Waals surface area contributed by atoms with Crippen molar-refractivity contribution in [2.45, 2.75) is 18.6 Å². The summed E-state index contributed by atoms with van der Waals surface area (Å²) in [5, 5.41) is 4.09. The molecule has 9 nitrogen and oxygen atoms in total. The first kappa shape index (κ1) is 19.9. The maximum Gasteiger partial charge on any atom is 0.416 e. The Morgan fingerprint density at radius 3 is 2.67 bits per heavy atom. The van der Waals surface area contributed by atoms with Crippen molar-refractivity contribution in [3.8, 4) is 0 Å². The number of aromatic nitrogens is 6. The number of aryl methyl sites for hydroxylation is 1. The molecular formula is C21H18F3N7O2. The number of halogens is 3. The van der Waals surface area contributed by atoms with Crippen molar-refractivity contribution in [3.05, 3.63) is 64.6 Å². The van der Waals surface area contributed by atoms with Crippen LogP contribution in [0.4, 0.5) is 18.9 Å². The number of hydrogen-bond donors (Lipinski definition) is 0. The van der Waals surface area contributed by atoms with Crippen LogP contribution in [0.3, 0.4) is 0 Å². The average Bonchev–Trinajstić information content (AvgIpc) is 3.20. The predicted molar refractivity (Wildman–Crippen MR) is 110 cm³/mol. The summed E-state index contributed by atoms with van der Waals surface area (Å²) in [6.07, 6.45) is -1.43. The average molecular weight is 457 g/mol. The van der Waals surface area contributed by atoms with Crippen LogP contribution in [0.25, 0.3) is 11.2 Å². The van der Waals surface area contributed by atoms with Crippen LogP contribution in [0.2, 0.25) is 0 Å². The second-order valence-corrected chi connectivity index (χ2v) is 8.56. The maximum atomic E-state index is 13.0. The second-order valence-electron chi connectivity index (χ2n) is 8.56. The molecule has 2 aliphatic rings. The molecule has 4 heterocycles. The molecule has 170 valence electrons. The topological polar surface area (TPSA) is 94.9 Å². The molecule has 33 heavy (non-hydrogen) atoms. The fourth-order valence-corrected chi connectivity index (χ4v) is 4.80. The molecule has 0 radical (unpaired) electrons. The predicted octanol–water partition coefficient (Wildman–Crippen LogP) is 2.43. The molecular weight excluding hydrogens is 439 g/mol. The third-order valence-corrected chi connectivity index (χ3v) is 6.52. The van der Waals surface area contributed by atoms with E-state index >= 15 is 0 Å². The smallest absolute Gasteiger partial charge is 0.371 e. The van der Waals surface area contributed by atoms with Gasteiger partial charge in [0, 0.05) is 31.7 Å². The highest BCUT2D eigenvalue weighted by Crippen LogP contribution is 2.58. The van der Waals surface area contributed by atoms with Gasteiger partial charge in [-0.2, -0.15) is 18.2 Å². The highest BCUT2D eigenvalue weighted by Gasteiger charge is 2.58. The van der Waals surface area contributed by atoms with Gasteiger partial charge in [0.05, 0.1) is 11.9 Å². The van der Waals surface area contributed by atoms with Crippen LogP contribution in [-0.2, 0) is 19.8 Å². The van der Waals surface area contributed by atoms with Gasteiger partial charge >= 0.3 is 6.18 Å². The minimum Gasteiger partial charge on any atom is -0.371 e. The summed E-state index contributed by atoms with van der Waals surface area (Å²) in [5.74, 6) is 1.51. The molecule has 1 saturated carbocycles. The summed E-state index contributed by atoms with van der Waals surface area (Å²) < 4.78 is 47.4. The Morgan fingerprint density at radius 1 is 1.15 bits per heavy atom. The minimum absolute atomic E-state index is 0.0956. The Morgan fingerprint density at radius 2 is 1.91 bits per heavy atom. The Kier molecular flexibility index (Phi) is 4.17. The first-order chi connectivity index (χ1) is 15.8. The molecule has 3 aromatic heterocycles. The standard InChI is InChI=1S/C21H18F3N7O2/c1-29-9-25-19-17(29)20(32)31(10-26-19)8-15-27-18(28-33-15)16-13-6-30(7-14(13)16)12-4-2-3-11(5-12)21(22,23)24/h2-5,9-10,13-14,16H,6-8H2,1H3/t13-,14+,16+. The van der Waals surface area contributed by atoms with Crippen molar-refractivity contribution >= 4 is 16.9 Å². The molecule has 6 rings (SSSR count). The van der Waals surface area contributed by atoms with E-state index in [-0.39, 0.29) is 29.9 Å². The lowest BCUT2D eigenvalue weighted by Crippen LogP contribution is -2.24. The molecule has 2 fully saturated rings. The molecule has 0 unspecified atom stereocenters. The first-order valence-corrected chi connectivity index (χ1v) is 10.4. The number of fused-ring (bicyclic) bond motifs is 2. The molecule has 4 aromatic rings. The van der Waals surface area contributed by atoms with Gasteiger partial charge in [0.25, 0.3) is 5.56 Å². The van der Waals surface area contributed by atoms with Gasteiger partial charge < -0.3 is 14.0 Å². The zero-order valence-corrected chi connectivity index (χ0v) is 17.4. The van der Waals surface area contributed by atoms with Crippen LogP contribution in [-0.4, -0.2) is 42.3 Å². The molecule has 0 amide bonds. The van der Waals surface area contributed by atoms with E-state index in [2.05, 4.69) is 20.1 Å². The second kappa shape index (κ2) is 6.90. The van der Waals surface area contributed by atoms with E-state index in [1.54, 1.807) is 17.7 Å². The van der Waals surface area contributed by atoms with E-state index in [4.69, 9.17) is 4.52 Å². The van der Waals surface area contributed by atoms with Gasteiger partial charge in [-0.25, -0.2) is 9.97 Å². The number of piperidine rings is 1. The zero-order valence-electron chi connectivity index (χ0n) is 17.4. The van der Waals surface area contributed by atoms with Crippen molar-refractivity contribution in [2.75, 3.05) is 18.0 Å². The fraction of sp³-hybridized carbons (Fsp3) is 0.381. The fourth-order valence-electron chi connectivity index (χ4n) is 4.80.